The summed E-state index contributed by atoms with van der Waals surface area (Å²) >= 11 is 5.82. The average Bonchev–Trinajstić information content (AvgIpc) is 2.57. The fourth-order valence-corrected chi connectivity index (χ4v) is 2.07. The molecule has 0 radical (unpaired) electrons. The molecule has 0 atom stereocenters. The Kier molecular flexibility index (Phi) is 5.80. The summed E-state index contributed by atoms with van der Waals surface area (Å²) in [6.07, 6.45) is 1.27. The number of hydrazone groups is 1. The van der Waals surface area contributed by atoms with Gasteiger partial charge in [-0.25, -0.2) is 5.43 Å². The zero-order valence-electron chi connectivity index (χ0n) is 13.0. The maximum absolute atomic E-state index is 11.8. The standard InChI is InChI=1S/C16H13ClN4O4/c1-10-8-12(17)4-7-14(10)19-15(22)16(23)20-18-9-11-2-5-13(6-3-11)21(24)25/h2-9H,1H3,(H,19,22)(H,20,23)/b18-9-. The summed E-state index contributed by atoms with van der Waals surface area (Å²) in [6.45, 7) is 1.74. The Bertz CT molecular complexity index is 850. The number of hydrogen-bond donors (Lipinski definition) is 2. The monoisotopic (exact) mass is 360 g/mol. The summed E-state index contributed by atoms with van der Waals surface area (Å²) in [7, 11) is 0. The fraction of sp³-hybridized carbons (Fsp3) is 0.0625. The number of nitrogens with one attached hydrogen (secondary N) is 2. The number of nitrogens with zero attached hydrogens (tertiary/aromatic N) is 2. The molecule has 9 heteroatoms. The predicted octanol–water partition coefficient (Wildman–Crippen LogP) is 2.65. The van der Waals surface area contributed by atoms with Crippen molar-refractivity contribution in [2.24, 2.45) is 5.10 Å². The van der Waals surface area contributed by atoms with Gasteiger partial charge in [0.25, 0.3) is 5.69 Å². The lowest BCUT2D eigenvalue weighted by Gasteiger charge is -2.07. The van der Waals surface area contributed by atoms with E-state index >= 15 is 0 Å². The molecule has 8 nitrogen and oxygen atoms in total. The Balaban J connectivity index is 1.92. The molecule has 0 aliphatic carbocycles. The first-order valence-electron chi connectivity index (χ1n) is 7.02. The van der Waals surface area contributed by atoms with Crippen LogP contribution in [0, 0.1) is 17.0 Å². The van der Waals surface area contributed by atoms with Gasteiger partial charge in [-0.15, -0.1) is 0 Å². The van der Waals surface area contributed by atoms with Gasteiger partial charge < -0.3 is 5.32 Å². The molecule has 0 aromatic heterocycles. The number of hydrogen-bond acceptors (Lipinski definition) is 5. The Morgan fingerprint density at radius 3 is 2.44 bits per heavy atom. The van der Waals surface area contributed by atoms with E-state index in [1.54, 1.807) is 25.1 Å². The third kappa shape index (κ3) is 5.11. The number of halogens is 1. The van der Waals surface area contributed by atoms with E-state index in [1.807, 2.05) is 0 Å². The van der Waals surface area contributed by atoms with Gasteiger partial charge in [-0.05, 0) is 48.4 Å². The number of aryl methyl sites for hydroxylation is 1. The van der Waals surface area contributed by atoms with Crippen LogP contribution in [0.25, 0.3) is 0 Å². The Morgan fingerprint density at radius 2 is 1.84 bits per heavy atom. The number of carbonyl (C=O) groups excluding carboxylic acids is 2. The summed E-state index contributed by atoms with van der Waals surface area (Å²) < 4.78 is 0. The lowest BCUT2D eigenvalue weighted by atomic mass is 10.2. The van der Waals surface area contributed by atoms with Crippen molar-refractivity contribution >= 4 is 41.0 Å². The molecule has 0 saturated heterocycles. The molecule has 2 amide bonds. The zero-order valence-corrected chi connectivity index (χ0v) is 13.8. The van der Waals surface area contributed by atoms with Crippen molar-refractivity contribution in [1.29, 1.82) is 0 Å². The molecule has 128 valence electrons. The molecule has 2 aromatic rings. The number of anilines is 1. The molecule has 0 bridgehead atoms. The molecule has 2 rings (SSSR count). The molecule has 0 saturated carbocycles. The largest absolute Gasteiger partial charge is 0.329 e. The maximum atomic E-state index is 11.8. The lowest BCUT2D eigenvalue weighted by molar-refractivity contribution is -0.384. The minimum absolute atomic E-state index is 0.0566. The highest BCUT2D eigenvalue weighted by Crippen LogP contribution is 2.19. The Labute approximate surface area is 147 Å². The Morgan fingerprint density at radius 1 is 1.16 bits per heavy atom. The molecule has 25 heavy (non-hydrogen) atoms. The van der Waals surface area contributed by atoms with Gasteiger partial charge in [0.05, 0.1) is 11.1 Å². The van der Waals surface area contributed by atoms with E-state index in [0.29, 0.717) is 21.8 Å². The first-order valence-corrected chi connectivity index (χ1v) is 7.39. The van der Waals surface area contributed by atoms with Crippen molar-refractivity contribution in [2.75, 3.05) is 5.32 Å². The summed E-state index contributed by atoms with van der Waals surface area (Å²) in [5.74, 6) is -1.83. The maximum Gasteiger partial charge on any atom is 0.329 e. The third-order valence-corrected chi connectivity index (χ3v) is 3.36. The minimum atomic E-state index is -0.951. The van der Waals surface area contributed by atoms with E-state index in [2.05, 4.69) is 15.8 Å². The SMILES string of the molecule is Cc1cc(Cl)ccc1NC(=O)C(=O)N/N=C\c1ccc([N+](=O)[O-])cc1. The number of nitro benzene ring substituents is 1. The van der Waals surface area contributed by atoms with Crippen molar-refractivity contribution in [1.82, 2.24) is 5.43 Å². The summed E-state index contributed by atoms with van der Waals surface area (Å²) in [6, 6.07) is 10.4. The van der Waals surface area contributed by atoms with Gasteiger partial charge in [0.1, 0.15) is 0 Å². The lowest BCUT2D eigenvalue weighted by Crippen LogP contribution is -2.32. The topological polar surface area (TPSA) is 114 Å². The highest BCUT2D eigenvalue weighted by atomic mass is 35.5. The second-order valence-corrected chi connectivity index (χ2v) is 5.40. The van der Waals surface area contributed by atoms with Gasteiger partial charge in [-0.3, -0.25) is 19.7 Å². The first-order chi connectivity index (χ1) is 11.9. The van der Waals surface area contributed by atoms with Gasteiger partial charge >= 0.3 is 11.8 Å². The molecule has 0 fully saturated rings. The molecular weight excluding hydrogens is 348 g/mol. The van der Waals surface area contributed by atoms with Crippen molar-refractivity contribution < 1.29 is 14.5 Å². The highest BCUT2D eigenvalue weighted by Gasteiger charge is 2.14. The summed E-state index contributed by atoms with van der Waals surface area (Å²) in [5, 5.41) is 17.2. The van der Waals surface area contributed by atoms with Crippen molar-refractivity contribution in [3.05, 3.63) is 68.7 Å². The normalized spacial score (nSPS) is 10.5. The van der Waals surface area contributed by atoms with E-state index in [4.69, 9.17) is 11.6 Å². The van der Waals surface area contributed by atoms with Crippen LogP contribution in [-0.4, -0.2) is 23.0 Å². The molecule has 2 N–H and O–H groups in total. The number of carbonyl (C=O) groups is 2. The van der Waals surface area contributed by atoms with Gasteiger partial charge in [-0.2, -0.15) is 5.10 Å². The average molecular weight is 361 g/mol. The van der Waals surface area contributed by atoms with E-state index in [9.17, 15) is 19.7 Å². The van der Waals surface area contributed by atoms with Crippen LogP contribution >= 0.6 is 11.6 Å². The Hall–Kier alpha value is -3.26. The number of non-ortho nitro benzene ring substituents is 1. The molecule has 0 unspecified atom stereocenters. The fourth-order valence-electron chi connectivity index (χ4n) is 1.84. The van der Waals surface area contributed by atoms with Crippen LogP contribution in [0.1, 0.15) is 11.1 Å². The van der Waals surface area contributed by atoms with Gasteiger partial charge in [-0.1, -0.05) is 11.6 Å². The van der Waals surface area contributed by atoms with Crippen LogP contribution in [-0.2, 0) is 9.59 Å². The first kappa shape index (κ1) is 18.1. The van der Waals surface area contributed by atoms with E-state index in [-0.39, 0.29) is 5.69 Å². The van der Waals surface area contributed by atoms with Crippen LogP contribution in [0.4, 0.5) is 11.4 Å². The third-order valence-electron chi connectivity index (χ3n) is 3.13. The van der Waals surface area contributed by atoms with E-state index in [1.165, 1.54) is 30.5 Å². The molecule has 0 heterocycles. The predicted molar refractivity (Wildman–Crippen MR) is 93.7 cm³/mol. The van der Waals surface area contributed by atoms with Crippen molar-refractivity contribution in [3.63, 3.8) is 0 Å². The minimum Gasteiger partial charge on any atom is -0.317 e. The molecule has 0 aliphatic heterocycles. The smallest absolute Gasteiger partial charge is 0.317 e. The molecular formula is C16H13ClN4O4. The van der Waals surface area contributed by atoms with Crippen LogP contribution in [0.15, 0.2) is 47.6 Å². The van der Waals surface area contributed by atoms with Crippen LogP contribution < -0.4 is 10.7 Å². The van der Waals surface area contributed by atoms with E-state index < -0.39 is 16.7 Å². The van der Waals surface area contributed by atoms with Gasteiger partial charge in [0.2, 0.25) is 0 Å². The van der Waals surface area contributed by atoms with Crippen molar-refractivity contribution in [2.45, 2.75) is 6.92 Å². The number of benzene rings is 2. The molecule has 0 spiro atoms. The van der Waals surface area contributed by atoms with Crippen LogP contribution in [0.5, 0.6) is 0 Å². The quantitative estimate of drug-likeness (QED) is 0.377. The second kappa shape index (κ2) is 8.02. The molecule has 2 aromatic carbocycles. The second-order valence-electron chi connectivity index (χ2n) is 4.96. The molecule has 0 aliphatic rings. The zero-order chi connectivity index (χ0) is 18.4. The highest BCUT2D eigenvalue weighted by molar-refractivity contribution is 6.39. The van der Waals surface area contributed by atoms with Crippen LogP contribution in [0.3, 0.4) is 0 Å². The van der Waals surface area contributed by atoms with Gasteiger partial charge in [0.15, 0.2) is 0 Å². The summed E-state index contributed by atoms with van der Waals surface area (Å²) in [5.41, 5.74) is 3.72. The van der Waals surface area contributed by atoms with E-state index in [0.717, 1.165) is 0 Å². The van der Waals surface area contributed by atoms with Crippen molar-refractivity contribution in [3.8, 4) is 0 Å². The summed E-state index contributed by atoms with van der Waals surface area (Å²) in [4.78, 5) is 33.5. The van der Waals surface area contributed by atoms with Crippen LogP contribution in [0.2, 0.25) is 5.02 Å². The number of rotatable bonds is 4. The number of nitro groups is 1. The van der Waals surface area contributed by atoms with Gasteiger partial charge in [0, 0.05) is 22.8 Å². The number of amides is 2.